The maximum Gasteiger partial charge on any atom is 0.308 e. The molecule has 6 heteroatoms. The van der Waals surface area contributed by atoms with Gasteiger partial charge in [-0.1, -0.05) is 50.4 Å². The number of phenolic OH excluding ortho intramolecular Hbond substituents is 2. The summed E-state index contributed by atoms with van der Waals surface area (Å²) < 4.78 is 5.11. The molecule has 1 rings (SSSR count). The summed E-state index contributed by atoms with van der Waals surface area (Å²) in [6.07, 6.45) is 8.39. The molecule has 0 saturated heterocycles. The van der Waals surface area contributed by atoms with Crippen LogP contribution in [-0.4, -0.2) is 29.1 Å². The third-order valence-electron chi connectivity index (χ3n) is 4.09. The second-order valence-electron chi connectivity index (χ2n) is 6.51. The number of hydrogen-bond donors (Lipinski definition) is 2. The molecule has 0 aromatic heterocycles. The number of benzene rings is 1. The fourth-order valence-corrected chi connectivity index (χ4v) is 2.61. The van der Waals surface area contributed by atoms with Crippen molar-refractivity contribution in [1.82, 2.24) is 0 Å². The number of rotatable bonds is 10. The molecule has 1 aromatic carbocycles. The van der Waals surface area contributed by atoms with E-state index in [1.54, 1.807) is 13.0 Å². The highest BCUT2D eigenvalue weighted by Crippen LogP contribution is 2.40. The molecule has 0 bridgehead atoms. The highest BCUT2D eigenvalue weighted by Gasteiger charge is 2.18. The zero-order valence-corrected chi connectivity index (χ0v) is 16.3. The van der Waals surface area contributed by atoms with E-state index < -0.39 is 0 Å². The first kappa shape index (κ1) is 22.0. The molecule has 2 N–H and O–H groups in total. The molecule has 0 heterocycles. The Bertz CT molecular complexity index is 665. The van der Waals surface area contributed by atoms with Crippen molar-refractivity contribution >= 4 is 29.9 Å². The van der Waals surface area contributed by atoms with E-state index in [-0.39, 0.29) is 39.5 Å². The summed E-state index contributed by atoms with van der Waals surface area (Å²) in [4.78, 5) is 22.4. The Hall–Kier alpha value is -2.01. The number of allylic oxidation sites excluding steroid dienone is 1. The predicted octanol–water partition coefficient (Wildman–Crippen LogP) is 5.04. The molecule has 0 aliphatic rings. The number of carbonyl (C=O) groups excluding carboxylic acids is 2. The van der Waals surface area contributed by atoms with Crippen molar-refractivity contribution in [2.45, 2.75) is 52.9 Å². The van der Waals surface area contributed by atoms with Crippen LogP contribution in [0.4, 0.5) is 0 Å². The third-order valence-corrected chi connectivity index (χ3v) is 4.55. The van der Waals surface area contributed by atoms with E-state index in [0.717, 1.165) is 32.1 Å². The van der Waals surface area contributed by atoms with Crippen LogP contribution in [0.3, 0.4) is 0 Å². The Kier molecular flexibility index (Phi) is 9.21. The molecule has 0 aliphatic heterocycles. The van der Waals surface area contributed by atoms with Gasteiger partial charge in [-0.05, 0) is 31.7 Å². The zero-order chi connectivity index (χ0) is 19.7. The van der Waals surface area contributed by atoms with Gasteiger partial charge in [-0.2, -0.15) is 0 Å². The molecule has 0 spiro atoms. The van der Waals surface area contributed by atoms with Gasteiger partial charge in [0.15, 0.2) is 6.29 Å². The third kappa shape index (κ3) is 6.06. The van der Waals surface area contributed by atoms with Crippen LogP contribution in [0.2, 0.25) is 5.02 Å². The highest BCUT2D eigenvalue weighted by molar-refractivity contribution is 6.33. The van der Waals surface area contributed by atoms with Crippen molar-refractivity contribution in [3.8, 4) is 11.5 Å². The lowest BCUT2D eigenvalue weighted by molar-refractivity contribution is -0.147. The smallest absolute Gasteiger partial charge is 0.308 e. The van der Waals surface area contributed by atoms with E-state index in [9.17, 15) is 19.8 Å². The summed E-state index contributed by atoms with van der Waals surface area (Å²) in [5, 5.41) is 20.2. The molecule has 26 heavy (non-hydrogen) atoms. The Morgan fingerprint density at radius 3 is 2.38 bits per heavy atom. The fourth-order valence-electron chi connectivity index (χ4n) is 2.41. The van der Waals surface area contributed by atoms with Gasteiger partial charge in [0, 0.05) is 0 Å². The van der Waals surface area contributed by atoms with Crippen molar-refractivity contribution < 1.29 is 24.5 Å². The van der Waals surface area contributed by atoms with Crippen LogP contribution in [0.5, 0.6) is 11.5 Å². The minimum Gasteiger partial charge on any atom is -0.506 e. The van der Waals surface area contributed by atoms with Gasteiger partial charge in [0.1, 0.15) is 11.5 Å². The predicted molar refractivity (Wildman–Crippen MR) is 103 cm³/mol. The molecule has 1 aromatic rings. The number of hydrogen-bond acceptors (Lipinski definition) is 5. The summed E-state index contributed by atoms with van der Waals surface area (Å²) in [7, 11) is 0. The summed E-state index contributed by atoms with van der Waals surface area (Å²) >= 11 is 6.00. The maximum absolute atomic E-state index is 11.3. The van der Waals surface area contributed by atoms with Gasteiger partial charge in [0.05, 0.1) is 28.7 Å². The zero-order valence-electron chi connectivity index (χ0n) is 15.5. The standard InChI is InChI=1S/C20H27ClO5/c1-13(2)20(25)26-11-9-7-5-4-6-8-10-15-18(23)16(12-22)14(3)17(21)19(15)24/h8,10,12-13,23-24H,4-7,9,11H2,1-3H3/b10-8+. The minimum absolute atomic E-state index is 0.0699. The number of halogens is 1. The molecule has 5 nitrogen and oxygen atoms in total. The number of aromatic hydroxyl groups is 2. The van der Waals surface area contributed by atoms with Crippen molar-refractivity contribution in [3.05, 3.63) is 27.8 Å². The number of carbonyl (C=O) groups is 2. The largest absolute Gasteiger partial charge is 0.506 e. The van der Waals surface area contributed by atoms with Crippen molar-refractivity contribution in [3.63, 3.8) is 0 Å². The van der Waals surface area contributed by atoms with Crippen molar-refractivity contribution in [2.24, 2.45) is 5.92 Å². The molecule has 0 radical (unpaired) electrons. The molecule has 0 unspecified atom stereocenters. The molecule has 0 aliphatic carbocycles. The molecular weight excluding hydrogens is 356 g/mol. The summed E-state index contributed by atoms with van der Waals surface area (Å²) in [5.74, 6) is -0.750. The number of esters is 1. The number of aldehydes is 1. The number of phenols is 2. The summed E-state index contributed by atoms with van der Waals surface area (Å²) in [5.41, 5.74) is 0.596. The second kappa shape index (κ2) is 10.9. The first-order chi connectivity index (χ1) is 12.3. The van der Waals surface area contributed by atoms with Crippen molar-refractivity contribution in [1.29, 1.82) is 0 Å². The average molecular weight is 383 g/mol. The van der Waals surface area contributed by atoms with Crippen LogP contribution in [-0.2, 0) is 9.53 Å². The van der Waals surface area contributed by atoms with Gasteiger partial charge in [-0.15, -0.1) is 0 Å². The van der Waals surface area contributed by atoms with E-state index in [1.807, 2.05) is 19.9 Å². The summed E-state index contributed by atoms with van der Waals surface area (Å²) in [6, 6.07) is 0. The van der Waals surface area contributed by atoms with Crippen LogP contribution in [0.15, 0.2) is 6.08 Å². The molecule has 0 saturated carbocycles. The minimum atomic E-state index is -0.261. The van der Waals surface area contributed by atoms with Crippen LogP contribution in [0.1, 0.15) is 67.4 Å². The first-order valence-corrected chi connectivity index (χ1v) is 9.21. The Balaban J connectivity index is 2.43. The first-order valence-electron chi connectivity index (χ1n) is 8.83. The monoisotopic (exact) mass is 382 g/mol. The molecule has 144 valence electrons. The van der Waals surface area contributed by atoms with Gasteiger partial charge in [0.2, 0.25) is 0 Å². The number of ether oxygens (including phenoxy) is 1. The highest BCUT2D eigenvalue weighted by atomic mass is 35.5. The lowest BCUT2D eigenvalue weighted by Crippen LogP contribution is -2.12. The van der Waals surface area contributed by atoms with Crippen LogP contribution >= 0.6 is 11.6 Å². The van der Waals surface area contributed by atoms with E-state index >= 15 is 0 Å². The molecular formula is C20H27ClO5. The quantitative estimate of drug-likeness (QED) is 0.336. The molecule has 0 amide bonds. The number of unbranched alkanes of at least 4 members (excludes halogenated alkanes) is 4. The second-order valence-corrected chi connectivity index (χ2v) is 6.89. The normalized spacial score (nSPS) is 11.3. The van der Waals surface area contributed by atoms with Crippen molar-refractivity contribution in [2.75, 3.05) is 6.61 Å². The molecule has 0 atom stereocenters. The van der Waals surface area contributed by atoms with Gasteiger partial charge in [0.25, 0.3) is 0 Å². The van der Waals surface area contributed by atoms with Crippen LogP contribution in [0.25, 0.3) is 6.08 Å². The Labute approximate surface area is 159 Å². The summed E-state index contributed by atoms with van der Waals surface area (Å²) in [6.45, 7) is 5.63. The Morgan fingerprint density at radius 1 is 1.12 bits per heavy atom. The topological polar surface area (TPSA) is 83.8 Å². The SMILES string of the molecule is Cc1c(Cl)c(O)c(/C=C/CCCCCCOC(=O)C(C)C)c(O)c1C=O. The lowest BCUT2D eigenvalue weighted by Gasteiger charge is -2.11. The van der Waals surface area contributed by atoms with E-state index in [0.29, 0.717) is 18.5 Å². The van der Waals surface area contributed by atoms with Crippen LogP contribution in [0, 0.1) is 12.8 Å². The van der Waals surface area contributed by atoms with E-state index in [4.69, 9.17) is 16.3 Å². The van der Waals surface area contributed by atoms with Gasteiger partial charge >= 0.3 is 5.97 Å². The Morgan fingerprint density at radius 2 is 1.77 bits per heavy atom. The molecule has 0 fully saturated rings. The van der Waals surface area contributed by atoms with Crippen LogP contribution < -0.4 is 0 Å². The van der Waals surface area contributed by atoms with E-state index in [2.05, 4.69) is 0 Å². The lowest BCUT2D eigenvalue weighted by atomic mass is 10.0. The maximum atomic E-state index is 11.3. The average Bonchev–Trinajstić information content (AvgIpc) is 2.61. The van der Waals surface area contributed by atoms with Gasteiger partial charge in [-0.3, -0.25) is 9.59 Å². The van der Waals surface area contributed by atoms with Gasteiger partial charge in [-0.25, -0.2) is 0 Å². The van der Waals surface area contributed by atoms with Gasteiger partial charge < -0.3 is 14.9 Å². The fraction of sp³-hybridized carbons (Fsp3) is 0.500. The van der Waals surface area contributed by atoms with E-state index in [1.165, 1.54) is 0 Å².